The van der Waals surface area contributed by atoms with Crippen LogP contribution in [0, 0.1) is 0 Å². The van der Waals surface area contributed by atoms with Gasteiger partial charge < -0.3 is 19.4 Å². The van der Waals surface area contributed by atoms with E-state index in [1.165, 1.54) is 0 Å². The zero-order valence-corrected chi connectivity index (χ0v) is 10.8. The normalized spacial score (nSPS) is 23.1. The first-order chi connectivity index (χ1) is 8.08. The molecular weight excluding hydrogens is 218 g/mol. The van der Waals surface area contributed by atoms with Gasteiger partial charge >= 0.3 is 5.97 Å². The van der Waals surface area contributed by atoms with Gasteiger partial charge in [0.15, 0.2) is 0 Å². The summed E-state index contributed by atoms with van der Waals surface area (Å²) in [5.41, 5.74) is 1.16. The molecule has 3 aliphatic heterocycles. The van der Waals surface area contributed by atoms with Crippen molar-refractivity contribution < 1.29 is 9.53 Å². The minimum atomic E-state index is -0.115. The van der Waals surface area contributed by atoms with Crippen molar-refractivity contribution in [3.63, 3.8) is 0 Å². The fourth-order valence-electron chi connectivity index (χ4n) is 2.31. The summed E-state index contributed by atoms with van der Waals surface area (Å²) in [5, 5.41) is 0. The lowest BCUT2D eigenvalue weighted by Gasteiger charge is -2.46. The van der Waals surface area contributed by atoms with Crippen LogP contribution in [0.1, 0.15) is 6.92 Å². The highest BCUT2D eigenvalue weighted by molar-refractivity contribution is 5.77. The van der Waals surface area contributed by atoms with Gasteiger partial charge in [-0.15, -0.1) is 0 Å². The van der Waals surface area contributed by atoms with Crippen LogP contribution in [-0.4, -0.2) is 73.6 Å². The molecule has 0 aromatic heterocycles. The Kier molecular flexibility index (Phi) is 3.57. The molecule has 0 N–H and O–H groups in total. The molecule has 1 unspecified atom stereocenters. The van der Waals surface area contributed by atoms with E-state index >= 15 is 0 Å². The summed E-state index contributed by atoms with van der Waals surface area (Å²) in [7, 11) is 3.94. The van der Waals surface area contributed by atoms with Crippen LogP contribution in [0.3, 0.4) is 0 Å². The van der Waals surface area contributed by atoms with Gasteiger partial charge in [-0.25, -0.2) is 4.79 Å². The van der Waals surface area contributed by atoms with E-state index < -0.39 is 0 Å². The van der Waals surface area contributed by atoms with E-state index in [0.717, 1.165) is 31.9 Å². The molecule has 2 bridgehead atoms. The van der Waals surface area contributed by atoms with Crippen molar-refractivity contribution in [2.75, 3.05) is 46.9 Å². The lowest BCUT2D eigenvalue weighted by Crippen LogP contribution is -2.58. The van der Waals surface area contributed by atoms with Crippen molar-refractivity contribution in [1.29, 1.82) is 0 Å². The number of hydrogen-bond donors (Lipinski definition) is 0. The highest BCUT2D eigenvalue weighted by Gasteiger charge is 2.36. The van der Waals surface area contributed by atoms with E-state index in [9.17, 15) is 4.79 Å². The van der Waals surface area contributed by atoms with E-state index in [2.05, 4.69) is 16.0 Å². The molecule has 3 aliphatic rings. The Hall–Kier alpha value is -1.23. The van der Waals surface area contributed by atoms with Crippen molar-refractivity contribution in [3.8, 4) is 0 Å². The van der Waals surface area contributed by atoms with Gasteiger partial charge in [0.25, 0.3) is 0 Å². The van der Waals surface area contributed by atoms with Crippen LogP contribution in [0.4, 0.5) is 0 Å². The molecule has 0 aliphatic carbocycles. The Balaban J connectivity index is 1.87. The average Bonchev–Trinajstić information content (AvgIpc) is 2.28. The Morgan fingerprint density at radius 2 is 2.29 bits per heavy atom. The number of hydrogen-bond acceptors (Lipinski definition) is 5. The molecule has 5 nitrogen and oxygen atoms in total. The molecule has 96 valence electrons. The van der Waals surface area contributed by atoms with Gasteiger partial charge in [-0.1, -0.05) is 0 Å². The maximum absolute atomic E-state index is 12.0. The molecule has 0 amide bonds. The summed E-state index contributed by atoms with van der Waals surface area (Å²) in [5.74, 6) is -0.0935. The SMILES string of the molecule is CC1=CN2CCN1C(C(=O)OCCN(C)C)C2. The van der Waals surface area contributed by atoms with Crippen molar-refractivity contribution in [1.82, 2.24) is 14.7 Å². The van der Waals surface area contributed by atoms with Crippen LogP contribution in [-0.2, 0) is 9.53 Å². The van der Waals surface area contributed by atoms with Crippen molar-refractivity contribution >= 4 is 5.97 Å². The minimum absolute atomic E-state index is 0.0935. The molecule has 3 rings (SSSR count). The van der Waals surface area contributed by atoms with Crippen LogP contribution in [0.25, 0.3) is 0 Å². The van der Waals surface area contributed by atoms with E-state index in [1.807, 2.05) is 25.9 Å². The largest absolute Gasteiger partial charge is 0.463 e. The second-order valence-corrected chi connectivity index (χ2v) is 4.95. The van der Waals surface area contributed by atoms with Gasteiger partial charge in [0, 0.05) is 38.1 Å². The Morgan fingerprint density at radius 1 is 1.53 bits per heavy atom. The van der Waals surface area contributed by atoms with Crippen molar-refractivity contribution in [3.05, 3.63) is 11.9 Å². The number of allylic oxidation sites excluding steroid dienone is 1. The Morgan fingerprint density at radius 3 is 2.88 bits per heavy atom. The summed E-state index contributed by atoms with van der Waals surface area (Å²) in [6.07, 6.45) is 2.12. The minimum Gasteiger partial charge on any atom is -0.463 e. The molecule has 0 saturated carbocycles. The molecule has 1 atom stereocenters. The smallest absolute Gasteiger partial charge is 0.330 e. The zero-order valence-electron chi connectivity index (χ0n) is 10.8. The van der Waals surface area contributed by atoms with Gasteiger partial charge in [0.2, 0.25) is 0 Å². The van der Waals surface area contributed by atoms with Gasteiger partial charge in [0.1, 0.15) is 12.6 Å². The number of carbonyl (C=O) groups is 1. The highest BCUT2D eigenvalue weighted by Crippen LogP contribution is 2.23. The van der Waals surface area contributed by atoms with Crippen LogP contribution in [0.5, 0.6) is 0 Å². The molecule has 0 aromatic rings. The number of piperazine rings is 1. The molecule has 3 heterocycles. The fourth-order valence-corrected chi connectivity index (χ4v) is 2.31. The topological polar surface area (TPSA) is 36.0 Å². The van der Waals surface area contributed by atoms with E-state index in [4.69, 9.17) is 4.74 Å². The summed E-state index contributed by atoms with van der Waals surface area (Å²) in [6.45, 7) is 5.99. The number of likely N-dealkylation sites (N-methyl/N-ethyl adjacent to an activating group) is 1. The summed E-state index contributed by atoms with van der Waals surface area (Å²) in [6, 6.07) is -0.115. The molecule has 1 fully saturated rings. The third-order valence-corrected chi connectivity index (χ3v) is 3.29. The number of esters is 1. The average molecular weight is 239 g/mol. The maximum atomic E-state index is 12.0. The standard InChI is InChI=1S/C12H21N3O2/c1-10-8-14-4-5-15(10)11(9-14)12(16)17-7-6-13(2)3/h8,11H,4-7,9H2,1-3H3. The monoisotopic (exact) mass is 239 g/mol. The van der Waals surface area contributed by atoms with Gasteiger partial charge in [0.05, 0.1) is 0 Å². The van der Waals surface area contributed by atoms with E-state index in [1.54, 1.807) is 0 Å². The Labute approximate surface area is 103 Å². The van der Waals surface area contributed by atoms with Gasteiger partial charge in [-0.05, 0) is 21.0 Å². The van der Waals surface area contributed by atoms with E-state index in [0.29, 0.717) is 6.61 Å². The number of carbonyl (C=O) groups excluding carboxylic acids is 1. The van der Waals surface area contributed by atoms with Crippen molar-refractivity contribution in [2.24, 2.45) is 0 Å². The summed E-state index contributed by atoms with van der Waals surface area (Å²) >= 11 is 0. The fraction of sp³-hybridized carbons (Fsp3) is 0.750. The maximum Gasteiger partial charge on any atom is 0.330 e. The molecule has 17 heavy (non-hydrogen) atoms. The third-order valence-electron chi connectivity index (χ3n) is 3.29. The first-order valence-electron chi connectivity index (χ1n) is 6.08. The molecule has 0 aromatic carbocycles. The third kappa shape index (κ3) is 2.72. The second-order valence-electron chi connectivity index (χ2n) is 4.95. The van der Waals surface area contributed by atoms with Gasteiger partial charge in [-0.2, -0.15) is 0 Å². The quantitative estimate of drug-likeness (QED) is 0.643. The predicted octanol–water partition coefficient (Wildman–Crippen LogP) is -0.0477. The summed E-state index contributed by atoms with van der Waals surface area (Å²) < 4.78 is 5.32. The molecule has 0 spiro atoms. The Bertz CT molecular complexity index is 328. The second kappa shape index (κ2) is 4.96. The zero-order chi connectivity index (χ0) is 12.4. The lowest BCUT2D eigenvalue weighted by molar-refractivity contribution is -0.152. The molecule has 0 radical (unpaired) electrons. The molecule has 5 heteroatoms. The summed E-state index contributed by atoms with van der Waals surface area (Å²) in [4.78, 5) is 18.3. The van der Waals surface area contributed by atoms with Crippen LogP contribution in [0.15, 0.2) is 11.9 Å². The highest BCUT2D eigenvalue weighted by atomic mass is 16.5. The number of ether oxygens (including phenoxy) is 1. The molecular formula is C12H21N3O2. The van der Waals surface area contributed by atoms with Crippen LogP contribution >= 0.6 is 0 Å². The first-order valence-corrected chi connectivity index (χ1v) is 6.08. The first kappa shape index (κ1) is 12.2. The lowest BCUT2D eigenvalue weighted by atomic mass is 10.1. The molecule has 1 saturated heterocycles. The van der Waals surface area contributed by atoms with E-state index in [-0.39, 0.29) is 12.0 Å². The van der Waals surface area contributed by atoms with Crippen molar-refractivity contribution in [2.45, 2.75) is 13.0 Å². The number of rotatable bonds is 4. The van der Waals surface area contributed by atoms with Crippen LogP contribution in [0.2, 0.25) is 0 Å². The predicted molar refractivity (Wildman–Crippen MR) is 65.3 cm³/mol. The number of fused-ring (bicyclic) bond motifs is 2. The van der Waals surface area contributed by atoms with Gasteiger partial charge in [-0.3, -0.25) is 0 Å². The van der Waals surface area contributed by atoms with Crippen LogP contribution < -0.4 is 0 Å². The number of nitrogens with zero attached hydrogens (tertiary/aromatic N) is 3.